The van der Waals surface area contributed by atoms with Crippen LogP contribution in [-0.4, -0.2) is 36.9 Å². The van der Waals surface area contributed by atoms with Crippen LogP contribution in [0.2, 0.25) is 0 Å². The summed E-state index contributed by atoms with van der Waals surface area (Å²) < 4.78 is 2.35. The zero-order valence-corrected chi connectivity index (χ0v) is 17.2. The molecule has 0 saturated heterocycles. The highest BCUT2D eigenvalue weighted by atomic mass is 79.9. The van der Waals surface area contributed by atoms with Gasteiger partial charge in [0.2, 0.25) is 0 Å². The third kappa shape index (κ3) is 3.06. The van der Waals surface area contributed by atoms with Gasteiger partial charge in [-0.1, -0.05) is 18.2 Å². The van der Waals surface area contributed by atoms with Crippen LogP contribution >= 0.6 is 15.9 Å². The third-order valence-electron chi connectivity index (χ3n) is 5.24. The highest BCUT2D eigenvalue weighted by molar-refractivity contribution is 9.10. The molecular weight excluding hydrogens is 430 g/mol. The molecular formula is C22H16BrN5O. The maximum Gasteiger partial charge on any atom is 0.273 e. The van der Waals surface area contributed by atoms with Gasteiger partial charge < -0.3 is 4.90 Å². The van der Waals surface area contributed by atoms with Crippen LogP contribution < -0.4 is 0 Å². The molecule has 6 nitrogen and oxygen atoms in total. The van der Waals surface area contributed by atoms with Crippen molar-refractivity contribution in [2.24, 2.45) is 0 Å². The molecule has 0 fully saturated rings. The Morgan fingerprint density at radius 3 is 3.00 bits per heavy atom. The molecule has 0 saturated carbocycles. The van der Waals surface area contributed by atoms with Crippen LogP contribution in [0.4, 0.5) is 0 Å². The van der Waals surface area contributed by atoms with Gasteiger partial charge in [-0.2, -0.15) is 5.10 Å². The number of aromatic nitrogens is 4. The van der Waals surface area contributed by atoms with Crippen LogP contribution in [-0.2, 0) is 6.42 Å². The zero-order valence-electron chi connectivity index (χ0n) is 15.6. The fourth-order valence-corrected chi connectivity index (χ4v) is 4.17. The monoisotopic (exact) mass is 445 g/mol. The van der Waals surface area contributed by atoms with Crippen molar-refractivity contribution in [3.63, 3.8) is 0 Å². The van der Waals surface area contributed by atoms with Gasteiger partial charge in [0, 0.05) is 24.4 Å². The number of carbonyl (C=O) groups is 1. The number of carbonyl (C=O) groups excluding carboxylic acids is 1. The predicted octanol–water partition coefficient (Wildman–Crippen LogP) is 3.91. The van der Waals surface area contributed by atoms with E-state index in [0.717, 1.165) is 28.9 Å². The maximum atomic E-state index is 13.4. The number of halogens is 1. The number of hydrogen-bond donors (Lipinski definition) is 0. The predicted molar refractivity (Wildman–Crippen MR) is 111 cm³/mol. The molecule has 1 aliphatic heterocycles. The molecule has 7 heteroatoms. The van der Waals surface area contributed by atoms with E-state index in [0.29, 0.717) is 22.5 Å². The van der Waals surface area contributed by atoms with E-state index < -0.39 is 0 Å². The summed E-state index contributed by atoms with van der Waals surface area (Å²) in [7, 11) is 0. The minimum Gasteiger partial charge on any atom is -0.330 e. The molecule has 4 aromatic rings. The van der Waals surface area contributed by atoms with Gasteiger partial charge in [-0.15, -0.1) is 0 Å². The Labute approximate surface area is 176 Å². The number of rotatable bonds is 2. The zero-order chi connectivity index (χ0) is 20.0. The Kier molecular flexibility index (Phi) is 4.29. The minimum absolute atomic E-state index is 0.0509. The van der Waals surface area contributed by atoms with Crippen molar-refractivity contribution in [2.75, 3.05) is 6.54 Å². The summed E-state index contributed by atoms with van der Waals surface area (Å²) in [4.78, 5) is 24.3. The quantitative estimate of drug-likeness (QED) is 0.469. The van der Waals surface area contributed by atoms with Gasteiger partial charge in [-0.3, -0.25) is 9.78 Å². The topological polar surface area (TPSA) is 63.4 Å². The van der Waals surface area contributed by atoms with E-state index in [9.17, 15) is 4.79 Å². The Bertz CT molecular complexity index is 1220. The van der Waals surface area contributed by atoms with Gasteiger partial charge >= 0.3 is 0 Å². The van der Waals surface area contributed by atoms with Gasteiger partial charge in [0.15, 0.2) is 5.65 Å². The molecule has 3 aromatic heterocycles. The first kappa shape index (κ1) is 17.8. The van der Waals surface area contributed by atoms with Crippen molar-refractivity contribution in [2.45, 2.75) is 19.4 Å². The molecule has 5 rings (SSSR count). The fourth-order valence-electron chi connectivity index (χ4n) is 3.80. The molecule has 0 spiro atoms. The molecule has 1 amide bonds. The average Bonchev–Trinajstić information content (AvgIpc) is 3.14. The molecule has 29 heavy (non-hydrogen) atoms. The summed E-state index contributed by atoms with van der Waals surface area (Å²) in [5.74, 6) is -0.104. The fraction of sp³-hybridized carbons (Fsp3) is 0.182. The normalized spacial score (nSPS) is 15.8. The summed E-state index contributed by atoms with van der Waals surface area (Å²) >= 11 is 3.40. The summed E-state index contributed by atoms with van der Waals surface area (Å²) in [6.45, 7) is 2.66. The summed E-state index contributed by atoms with van der Waals surface area (Å²) in [5.41, 5.74) is 4.66. The lowest BCUT2D eigenvalue weighted by molar-refractivity contribution is 0.0672. The highest BCUT2D eigenvalue weighted by Crippen LogP contribution is 2.30. The number of nitrogens with zero attached hydrogens (tertiary/aromatic N) is 5. The standard InChI is InChI=1S/C22H16BrN5O/c1-14-16-7-3-2-6-15(16)9-11-27(14)22(29)18-12-19(17-8-4-5-10-24-17)28-21(25-18)13-20(23)26-28/h3-5,7-8,10,12-14H,9,11H2,1H3/t14-/m1/s1. The number of amides is 1. The first-order chi connectivity index (χ1) is 14.1. The van der Waals surface area contributed by atoms with E-state index in [1.54, 1.807) is 22.8 Å². The molecule has 4 heterocycles. The van der Waals surface area contributed by atoms with E-state index in [2.05, 4.69) is 43.1 Å². The first-order valence-electron chi connectivity index (χ1n) is 9.31. The second-order valence-electron chi connectivity index (χ2n) is 6.94. The van der Waals surface area contributed by atoms with Crippen molar-refractivity contribution >= 4 is 27.5 Å². The Morgan fingerprint density at radius 1 is 1.28 bits per heavy atom. The van der Waals surface area contributed by atoms with Gasteiger partial charge in [0.1, 0.15) is 10.3 Å². The van der Waals surface area contributed by atoms with Crippen molar-refractivity contribution < 1.29 is 4.79 Å². The van der Waals surface area contributed by atoms with Crippen LogP contribution in [0.1, 0.15) is 34.6 Å². The third-order valence-corrected chi connectivity index (χ3v) is 5.63. The lowest BCUT2D eigenvalue weighted by Crippen LogP contribution is -2.39. The van der Waals surface area contributed by atoms with E-state index in [-0.39, 0.29) is 11.9 Å². The van der Waals surface area contributed by atoms with E-state index >= 15 is 0 Å². The van der Waals surface area contributed by atoms with Crippen LogP contribution in [0, 0.1) is 12.1 Å². The molecule has 1 aliphatic rings. The van der Waals surface area contributed by atoms with Crippen LogP contribution in [0.5, 0.6) is 0 Å². The molecule has 0 radical (unpaired) electrons. The second-order valence-corrected chi connectivity index (χ2v) is 7.75. The van der Waals surface area contributed by atoms with Crippen molar-refractivity contribution in [3.05, 3.63) is 82.2 Å². The largest absolute Gasteiger partial charge is 0.330 e. The lowest BCUT2D eigenvalue weighted by Gasteiger charge is -2.34. The van der Waals surface area contributed by atoms with Gasteiger partial charge in [-0.25, -0.2) is 9.50 Å². The SMILES string of the molecule is C[C@@H]1c2ccc#cc2CCN1C(=O)c1cc(-c2ccccn2)n2nc(Br)cc2n1. The molecule has 142 valence electrons. The van der Waals surface area contributed by atoms with Crippen molar-refractivity contribution in [1.29, 1.82) is 0 Å². The minimum atomic E-state index is -0.104. The van der Waals surface area contributed by atoms with E-state index in [1.807, 2.05) is 42.2 Å². The maximum absolute atomic E-state index is 13.4. The molecule has 1 atom stereocenters. The van der Waals surface area contributed by atoms with Crippen LogP contribution in [0.3, 0.4) is 0 Å². The average molecular weight is 446 g/mol. The summed E-state index contributed by atoms with van der Waals surface area (Å²) in [6, 6.07) is 19.2. The molecule has 1 aromatic carbocycles. The van der Waals surface area contributed by atoms with Gasteiger partial charge in [0.25, 0.3) is 5.91 Å². The first-order valence-corrected chi connectivity index (χ1v) is 10.1. The van der Waals surface area contributed by atoms with E-state index in [4.69, 9.17) is 0 Å². The second kappa shape index (κ2) is 6.98. The van der Waals surface area contributed by atoms with Crippen LogP contribution in [0.15, 0.2) is 53.3 Å². The number of pyridine rings is 1. The van der Waals surface area contributed by atoms with Crippen molar-refractivity contribution in [1.82, 2.24) is 24.5 Å². The van der Waals surface area contributed by atoms with E-state index in [1.165, 1.54) is 0 Å². The smallest absolute Gasteiger partial charge is 0.273 e. The summed E-state index contributed by atoms with van der Waals surface area (Å²) in [5, 5.41) is 4.45. The Morgan fingerprint density at radius 2 is 2.17 bits per heavy atom. The van der Waals surface area contributed by atoms with Gasteiger partial charge in [-0.05, 0) is 65.2 Å². The Balaban J connectivity index is 1.60. The number of fused-ring (bicyclic) bond motifs is 2. The molecule has 0 N–H and O–H groups in total. The van der Waals surface area contributed by atoms with Crippen LogP contribution in [0.25, 0.3) is 17.0 Å². The molecule has 0 unspecified atom stereocenters. The lowest BCUT2D eigenvalue weighted by atomic mass is 9.94. The molecule has 0 aliphatic carbocycles. The van der Waals surface area contributed by atoms with Gasteiger partial charge in [0.05, 0.1) is 17.4 Å². The summed E-state index contributed by atoms with van der Waals surface area (Å²) in [6.07, 6.45) is 2.48. The highest BCUT2D eigenvalue weighted by Gasteiger charge is 2.29. The number of hydrogen-bond acceptors (Lipinski definition) is 4. The van der Waals surface area contributed by atoms with Crippen molar-refractivity contribution in [3.8, 4) is 11.4 Å². The molecule has 0 bridgehead atoms. The Hall–Kier alpha value is -3.24.